The minimum atomic E-state index is -0.300. The van der Waals surface area contributed by atoms with Gasteiger partial charge in [0, 0.05) is 47.4 Å². The molecule has 0 amide bonds. The second-order valence-corrected chi connectivity index (χ2v) is 17.0. The molecule has 0 aliphatic carbocycles. The van der Waals surface area contributed by atoms with E-state index in [9.17, 15) is 0 Å². The molecule has 58 heavy (non-hydrogen) atoms. The van der Waals surface area contributed by atoms with Crippen molar-refractivity contribution in [2.24, 2.45) is 23.7 Å². The molecule has 0 saturated carbocycles. The van der Waals surface area contributed by atoms with Crippen molar-refractivity contribution in [1.82, 2.24) is 30.0 Å². The zero-order chi connectivity index (χ0) is 39.3. The summed E-state index contributed by atoms with van der Waals surface area (Å²) in [4.78, 5) is 14.8. The number of fused-ring (bicyclic) bond motifs is 9. The highest BCUT2D eigenvalue weighted by Crippen LogP contribution is 2.47. The van der Waals surface area contributed by atoms with Gasteiger partial charge >= 0.3 is 0 Å². The summed E-state index contributed by atoms with van der Waals surface area (Å²) in [6, 6.07) is 25.1. The minimum absolute atomic E-state index is 0.180. The van der Waals surface area contributed by atoms with E-state index in [0.717, 1.165) is 94.2 Å². The number of ether oxygens (including phenoxy) is 4. The third kappa shape index (κ3) is 6.58. The summed E-state index contributed by atoms with van der Waals surface area (Å²) >= 11 is 0. The first-order chi connectivity index (χ1) is 28.5. The fraction of sp³-hybridized carbons (Fsp3) is 0.458. The average Bonchev–Trinajstić information content (AvgIpc) is 3.29. The highest BCUT2D eigenvalue weighted by molar-refractivity contribution is 5.91. The maximum Gasteiger partial charge on any atom is 0.242 e. The molecule has 300 valence electrons. The number of piperidine rings is 6. The van der Waals surface area contributed by atoms with E-state index < -0.39 is 0 Å². The molecule has 0 radical (unpaired) electrons. The first-order valence-electron chi connectivity index (χ1n) is 21.5. The van der Waals surface area contributed by atoms with Gasteiger partial charge < -0.3 is 18.9 Å². The molecular formula is C48H54N6O4. The Morgan fingerprint density at radius 2 is 1.07 bits per heavy atom. The Morgan fingerprint density at radius 3 is 1.47 bits per heavy atom. The molecule has 6 aromatic rings. The maximum atomic E-state index is 7.30. The zero-order valence-corrected chi connectivity index (χ0v) is 34.1. The summed E-state index contributed by atoms with van der Waals surface area (Å²) in [5.74, 6) is 5.39. The average molecular weight is 779 g/mol. The molecule has 9 heterocycles. The number of aromatic nitrogens is 4. The van der Waals surface area contributed by atoms with Gasteiger partial charge in [0.1, 0.15) is 23.7 Å². The molecule has 10 heteroatoms. The van der Waals surface area contributed by atoms with Crippen molar-refractivity contribution in [1.29, 1.82) is 0 Å². The second kappa shape index (κ2) is 15.6. The standard InChI is InChI=1S/C48H54N6O4/c1-5-29-27-53-21-17-31(29)23-43(53)45(35-15-19-49-41-13-11-33(55-3)25-39(35)41)57-47-37-9-7-8-10-38(37)48(52-51-47)58-46(44-24-32-18-22-54(44)28-30(32)6-2)36-16-20-50-42-14-12-34(56-4)26-40(36)42/h7-16,19-20,25-26,29-32,43-46H,5-6,17-18,21-24,27-28H2,1-4H3/t29-,30+,31-,32+,43-,44+,45-,46-/m1/s1. The van der Waals surface area contributed by atoms with Crippen LogP contribution >= 0.6 is 0 Å². The second-order valence-electron chi connectivity index (χ2n) is 17.0. The summed E-state index contributed by atoms with van der Waals surface area (Å²) in [7, 11) is 3.42. The van der Waals surface area contributed by atoms with E-state index in [1.54, 1.807) is 14.2 Å². The third-order valence-corrected chi connectivity index (χ3v) is 14.3. The van der Waals surface area contributed by atoms with Gasteiger partial charge in [-0.05, 0) is 123 Å². The Balaban J connectivity index is 1.06. The summed E-state index contributed by atoms with van der Waals surface area (Å²) in [5, 5.41) is 13.7. The highest BCUT2D eigenvalue weighted by Gasteiger charge is 2.46. The maximum absolute atomic E-state index is 7.30. The van der Waals surface area contributed by atoms with E-state index in [0.29, 0.717) is 35.4 Å². The molecular weight excluding hydrogens is 725 g/mol. The number of pyridine rings is 2. The minimum Gasteiger partial charge on any atom is -0.497 e. The van der Waals surface area contributed by atoms with Gasteiger partial charge in [-0.25, -0.2) is 0 Å². The molecule has 4 bridgehead atoms. The van der Waals surface area contributed by atoms with E-state index >= 15 is 0 Å². The molecule has 12 rings (SSSR count). The first-order valence-corrected chi connectivity index (χ1v) is 21.5. The lowest BCUT2D eigenvalue weighted by Gasteiger charge is -2.52. The van der Waals surface area contributed by atoms with Crippen LogP contribution in [0.3, 0.4) is 0 Å². The summed E-state index contributed by atoms with van der Waals surface area (Å²) < 4.78 is 26.0. The number of methoxy groups -OCH3 is 2. The van der Waals surface area contributed by atoms with Crippen LogP contribution in [-0.4, -0.2) is 82.4 Å². The Labute approximate surface area is 340 Å². The number of rotatable bonds is 12. The lowest BCUT2D eigenvalue weighted by Crippen LogP contribution is -2.56. The van der Waals surface area contributed by atoms with E-state index in [-0.39, 0.29) is 24.3 Å². The molecule has 0 N–H and O–H groups in total. The van der Waals surface area contributed by atoms with Crippen LogP contribution in [0.4, 0.5) is 0 Å². The number of hydrogen-bond donors (Lipinski definition) is 0. The van der Waals surface area contributed by atoms with Crippen LogP contribution in [0.5, 0.6) is 23.3 Å². The Morgan fingerprint density at radius 1 is 0.603 bits per heavy atom. The van der Waals surface area contributed by atoms with Crippen molar-refractivity contribution >= 4 is 32.6 Å². The van der Waals surface area contributed by atoms with Gasteiger partial charge in [0.05, 0.1) is 48.1 Å². The molecule has 10 nitrogen and oxygen atoms in total. The molecule has 2 unspecified atom stereocenters. The fourth-order valence-corrected chi connectivity index (χ4v) is 11.1. The SMILES string of the molecule is CC[C@@H]1CN2CC[C@@H]1C[C@@H]2[C@H](Oc1nnc(O[C@H](c2ccnc3ccc(OC)cc23)[C@@H]2C[C@@H]3CCN2C[C@@H]3CC)c2ccccc12)c1ccnc2ccc(OC)cc12. The molecule has 6 saturated heterocycles. The predicted octanol–water partition coefficient (Wildman–Crippen LogP) is 9.22. The smallest absolute Gasteiger partial charge is 0.242 e. The number of benzene rings is 3. The van der Waals surface area contributed by atoms with Crippen molar-refractivity contribution in [2.45, 2.75) is 76.7 Å². The van der Waals surface area contributed by atoms with Crippen molar-refractivity contribution in [2.75, 3.05) is 40.4 Å². The molecule has 0 spiro atoms. The van der Waals surface area contributed by atoms with Gasteiger partial charge in [0.15, 0.2) is 0 Å². The van der Waals surface area contributed by atoms with E-state index in [2.05, 4.69) is 72.2 Å². The van der Waals surface area contributed by atoms with E-state index in [4.69, 9.17) is 39.1 Å². The van der Waals surface area contributed by atoms with Crippen LogP contribution in [0.25, 0.3) is 32.6 Å². The van der Waals surface area contributed by atoms with Gasteiger partial charge in [-0.3, -0.25) is 19.8 Å². The number of hydrogen-bond acceptors (Lipinski definition) is 10. The topological polar surface area (TPSA) is 95.0 Å². The predicted molar refractivity (Wildman–Crippen MR) is 227 cm³/mol. The first kappa shape index (κ1) is 37.2. The zero-order valence-electron chi connectivity index (χ0n) is 34.1. The molecule has 3 aromatic carbocycles. The Bertz CT molecular complexity index is 2280. The van der Waals surface area contributed by atoms with Crippen LogP contribution < -0.4 is 18.9 Å². The number of nitrogens with zero attached hydrogens (tertiary/aromatic N) is 6. The molecule has 6 aliphatic rings. The van der Waals surface area contributed by atoms with Gasteiger partial charge in [0.2, 0.25) is 11.8 Å². The quantitative estimate of drug-likeness (QED) is 0.120. The van der Waals surface area contributed by atoms with E-state index in [1.807, 2.05) is 36.7 Å². The summed E-state index contributed by atoms with van der Waals surface area (Å²) in [6.45, 7) is 9.00. The van der Waals surface area contributed by atoms with Gasteiger partial charge in [0.25, 0.3) is 0 Å². The summed E-state index contributed by atoms with van der Waals surface area (Å²) in [5.41, 5.74) is 4.01. The Hall–Kier alpha value is -5.06. The lowest BCUT2D eigenvalue weighted by molar-refractivity contribution is -0.0505. The van der Waals surface area contributed by atoms with Crippen LogP contribution in [0.1, 0.15) is 75.7 Å². The third-order valence-electron chi connectivity index (χ3n) is 14.3. The van der Waals surface area contributed by atoms with Crippen molar-refractivity contribution in [3.8, 4) is 23.3 Å². The van der Waals surface area contributed by atoms with Crippen LogP contribution in [0.2, 0.25) is 0 Å². The Kier molecular flexibility index (Phi) is 10.0. The normalized spacial score (nSPS) is 27.4. The van der Waals surface area contributed by atoms with Crippen LogP contribution in [0.15, 0.2) is 85.2 Å². The highest BCUT2D eigenvalue weighted by atomic mass is 16.5. The molecule has 10 atom stereocenters. The van der Waals surface area contributed by atoms with Crippen molar-refractivity contribution in [3.63, 3.8) is 0 Å². The van der Waals surface area contributed by atoms with Crippen molar-refractivity contribution < 1.29 is 18.9 Å². The summed E-state index contributed by atoms with van der Waals surface area (Å²) in [6.07, 6.45) is 10.2. The van der Waals surface area contributed by atoms with E-state index in [1.165, 1.54) is 25.7 Å². The molecule has 3 aromatic heterocycles. The van der Waals surface area contributed by atoms with Gasteiger partial charge in [-0.15, -0.1) is 10.2 Å². The van der Waals surface area contributed by atoms with Crippen LogP contribution in [0, 0.1) is 23.7 Å². The van der Waals surface area contributed by atoms with Crippen molar-refractivity contribution in [3.05, 3.63) is 96.3 Å². The monoisotopic (exact) mass is 778 g/mol. The molecule has 6 aliphatic heterocycles. The lowest BCUT2D eigenvalue weighted by atomic mass is 9.72. The molecule has 6 fully saturated rings. The van der Waals surface area contributed by atoms with Crippen LogP contribution in [-0.2, 0) is 0 Å². The largest absolute Gasteiger partial charge is 0.497 e. The van der Waals surface area contributed by atoms with Gasteiger partial charge in [-0.1, -0.05) is 38.8 Å². The fourth-order valence-electron chi connectivity index (χ4n) is 11.1. The van der Waals surface area contributed by atoms with Gasteiger partial charge in [-0.2, -0.15) is 0 Å².